The van der Waals surface area contributed by atoms with Gasteiger partial charge in [0.15, 0.2) is 0 Å². The van der Waals surface area contributed by atoms with E-state index in [1.807, 2.05) is 43.3 Å². The molecule has 0 aliphatic carbocycles. The number of amides is 1. The van der Waals surface area contributed by atoms with Crippen LogP contribution >= 0.6 is 11.6 Å². The zero-order chi connectivity index (χ0) is 25.3. The molecule has 4 aromatic carbocycles. The number of hydrogen-bond donors (Lipinski definition) is 1. The summed E-state index contributed by atoms with van der Waals surface area (Å²) in [6.07, 6.45) is 1.51. The Hall–Kier alpha value is -4.42. The number of carbonyl (C=O) groups excluding carboxylic acids is 2. The third-order valence-corrected chi connectivity index (χ3v) is 5.52. The lowest BCUT2D eigenvalue weighted by Gasteiger charge is -2.07. The van der Waals surface area contributed by atoms with Crippen molar-refractivity contribution in [3.8, 4) is 11.5 Å². The first-order valence-corrected chi connectivity index (χ1v) is 11.5. The molecule has 0 atom stereocenters. The monoisotopic (exact) mass is 498 g/mol. The van der Waals surface area contributed by atoms with Crippen LogP contribution in [0.3, 0.4) is 0 Å². The van der Waals surface area contributed by atoms with Crippen LogP contribution in [0.25, 0.3) is 0 Å². The van der Waals surface area contributed by atoms with Gasteiger partial charge in [-0.3, -0.25) is 4.79 Å². The number of carbonyl (C=O) groups is 2. The molecule has 6 nitrogen and oxygen atoms in total. The average molecular weight is 499 g/mol. The highest BCUT2D eigenvalue weighted by atomic mass is 35.5. The molecule has 0 saturated heterocycles. The van der Waals surface area contributed by atoms with E-state index in [4.69, 9.17) is 21.1 Å². The second kappa shape index (κ2) is 11.8. The Balaban J connectivity index is 1.26. The molecule has 7 heteroatoms. The summed E-state index contributed by atoms with van der Waals surface area (Å²) < 4.78 is 11.2. The summed E-state index contributed by atoms with van der Waals surface area (Å²) in [5.41, 5.74) is 6.04. The second-order valence-corrected chi connectivity index (χ2v) is 8.35. The highest BCUT2D eigenvalue weighted by Gasteiger charge is 2.10. The van der Waals surface area contributed by atoms with E-state index < -0.39 is 5.97 Å². The molecular formula is C29H23ClN2O4. The van der Waals surface area contributed by atoms with Crippen LogP contribution in [0.4, 0.5) is 0 Å². The maximum atomic E-state index is 12.4. The maximum Gasteiger partial charge on any atom is 0.343 e. The molecule has 1 amide bonds. The van der Waals surface area contributed by atoms with Crippen LogP contribution in [-0.2, 0) is 6.61 Å². The molecule has 0 radical (unpaired) electrons. The van der Waals surface area contributed by atoms with Gasteiger partial charge in [-0.05, 0) is 90.3 Å². The first-order valence-electron chi connectivity index (χ1n) is 11.2. The molecule has 180 valence electrons. The Labute approximate surface area is 214 Å². The molecule has 0 bridgehead atoms. The van der Waals surface area contributed by atoms with Crippen LogP contribution in [0.5, 0.6) is 11.5 Å². The Morgan fingerprint density at radius 2 is 1.53 bits per heavy atom. The molecule has 0 aliphatic heterocycles. The molecule has 36 heavy (non-hydrogen) atoms. The van der Waals surface area contributed by atoms with Gasteiger partial charge in [-0.25, -0.2) is 10.2 Å². The van der Waals surface area contributed by atoms with E-state index in [-0.39, 0.29) is 5.91 Å². The third-order valence-electron chi connectivity index (χ3n) is 5.27. The van der Waals surface area contributed by atoms with Gasteiger partial charge in [-0.1, -0.05) is 41.9 Å². The highest BCUT2D eigenvalue weighted by molar-refractivity contribution is 6.30. The fourth-order valence-corrected chi connectivity index (χ4v) is 3.39. The van der Waals surface area contributed by atoms with Gasteiger partial charge in [0.05, 0.1) is 11.8 Å². The molecule has 0 aliphatic rings. The minimum atomic E-state index is -0.414. The number of nitrogens with one attached hydrogen (secondary N) is 1. The van der Waals surface area contributed by atoms with Crippen molar-refractivity contribution in [1.29, 1.82) is 0 Å². The van der Waals surface area contributed by atoms with Crippen molar-refractivity contribution >= 4 is 29.7 Å². The van der Waals surface area contributed by atoms with Crippen molar-refractivity contribution in [3.05, 3.63) is 130 Å². The molecule has 4 aromatic rings. The number of halogens is 1. The molecule has 0 saturated carbocycles. The molecule has 0 fully saturated rings. The Morgan fingerprint density at radius 3 is 2.22 bits per heavy atom. The smallest absolute Gasteiger partial charge is 0.343 e. The number of hydrogen-bond acceptors (Lipinski definition) is 5. The normalized spacial score (nSPS) is 10.7. The summed E-state index contributed by atoms with van der Waals surface area (Å²) in [7, 11) is 0. The first-order chi connectivity index (χ1) is 17.5. The Bertz CT molecular complexity index is 1370. The molecule has 0 spiro atoms. The molecular weight excluding hydrogens is 476 g/mol. The van der Waals surface area contributed by atoms with Gasteiger partial charge in [0.25, 0.3) is 5.91 Å². The zero-order valence-electron chi connectivity index (χ0n) is 19.5. The van der Waals surface area contributed by atoms with E-state index in [1.54, 1.807) is 60.7 Å². The number of benzene rings is 4. The fourth-order valence-electron chi connectivity index (χ4n) is 3.27. The van der Waals surface area contributed by atoms with Crippen molar-refractivity contribution in [2.45, 2.75) is 13.5 Å². The summed E-state index contributed by atoms with van der Waals surface area (Å²) >= 11 is 5.89. The van der Waals surface area contributed by atoms with Crippen molar-refractivity contribution in [2.75, 3.05) is 0 Å². The number of aryl methyl sites for hydroxylation is 1. The largest absolute Gasteiger partial charge is 0.489 e. The van der Waals surface area contributed by atoms with Gasteiger partial charge in [0, 0.05) is 10.6 Å². The number of rotatable bonds is 8. The number of hydrazone groups is 1. The molecule has 1 N–H and O–H groups in total. The summed E-state index contributed by atoms with van der Waals surface area (Å²) in [4.78, 5) is 24.7. The summed E-state index contributed by atoms with van der Waals surface area (Å²) in [6.45, 7) is 2.26. The lowest BCUT2D eigenvalue weighted by molar-refractivity contribution is 0.0733. The number of ether oxygens (including phenoxy) is 2. The number of esters is 1. The van der Waals surface area contributed by atoms with Gasteiger partial charge in [0.1, 0.15) is 18.1 Å². The lowest BCUT2D eigenvalue weighted by Crippen LogP contribution is -2.17. The van der Waals surface area contributed by atoms with Crippen molar-refractivity contribution in [2.24, 2.45) is 5.10 Å². The summed E-state index contributed by atoms with van der Waals surface area (Å²) in [5, 5.41) is 4.67. The van der Waals surface area contributed by atoms with E-state index in [2.05, 4.69) is 10.5 Å². The molecule has 4 rings (SSSR count). The van der Waals surface area contributed by atoms with E-state index in [1.165, 1.54) is 6.21 Å². The van der Waals surface area contributed by atoms with E-state index in [0.717, 1.165) is 16.7 Å². The van der Waals surface area contributed by atoms with E-state index in [9.17, 15) is 9.59 Å². The van der Waals surface area contributed by atoms with Crippen molar-refractivity contribution < 1.29 is 19.1 Å². The van der Waals surface area contributed by atoms with Crippen LogP contribution in [0.1, 0.15) is 37.4 Å². The fraction of sp³-hybridized carbons (Fsp3) is 0.0690. The van der Waals surface area contributed by atoms with Crippen molar-refractivity contribution in [3.63, 3.8) is 0 Å². The van der Waals surface area contributed by atoms with Crippen LogP contribution in [-0.4, -0.2) is 18.1 Å². The van der Waals surface area contributed by atoms with Crippen LogP contribution in [0.2, 0.25) is 5.02 Å². The third kappa shape index (κ3) is 6.81. The summed E-state index contributed by atoms with van der Waals surface area (Å²) in [5.74, 6) is 0.304. The van der Waals surface area contributed by atoms with Gasteiger partial charge >= 0.3 is 5.97 Å². The molecule has 0 aromatic heterocycles. The predicted octanol–water partition coefficient (Wildman–Crippen LogP) is 6.21. The lowest BCUT2D eigenvalue weighted by atomic mass is 10.1. The summed E-state index contributed by atoms with van der Waals surface area (Å²) in [6, 6.07) is 28.3. The SMILES string of the molecule is Cc1ccccc1C(=O)Oc1ccc(/C=N/NC(=O)c2ccc(OCc3ccc(Cl)cc3)cc2)cc1. The molecule has 0 unspecified atom stereocenters. The van der Waals surface area contributed by atoms with E-state index >= 15 is 0 Å². The van der Waals surface area contributed by atoms with Crippen LogP contribution in [0, 0.1) is 6.92 Å². The Morgan fingerprint density at radius 1 is 0.861 bits per heavy atom. The topological polar surface area (TPSA) is 77.0 Å². The number of nitrogens with zero attached hydrogens (tertiary/aromatic N) is 1. The minimum Gasteiger partial charge on any atom is -0.489 e. The Kier molecular flexibility index (Phi) is 8.11. The van der Waals surface area contributed by atoms with Gasteiger partial charge in [-0.15, -0.1) is 0 Å². The highest BCUT2D eigenvalue weighted by Crippen LogP contribution is 2.17. The maximum absolute atomic E-state index is 12.4. The quantitative estimate of drug-likeness (QED) is 0.135. The predicted molar refractivity (Wildman–Crippen MR) is 140 cm³/mol. The molecule has 0 heterocycles. The van der Waals surface area contributed by atoms with Crippen molar-refractivity contribution in [1.82, 2.24) is 5.43 Å². The standard InChI is InChI=1S/C29H23ClN2O4/c1-20-4-2-3-5-27(20)29(34)36-26-14-8-21(9-15-26)18-31-32-28(33)23-10-16-25(17-11-23)35-19-22-6-12-24(30)13-7-22/h2-18H,19H2,1H3,(H,32,33)/b31-18+. The minimum absolute atomic E-state index is 0.348. The van der Waals surface area contributed by atoms with Crippen LogP contribution < -0.4 is 14.9 Å². The average Bonchev–Trinajstić information content (AvgIpc) is 2.90. The van der Waals surface area contributed by atoms with Gasteiger partial charge < -0.3 is 9.47 Å². The second-order valence-electron chi connectivity index (χ2n) is 7.91. The van der Waals surface area contributed by atoms with E-state index in [0.29, 0.717) is 34.3 Å². The van der Waals surface area contributed by atoms with Crippen LogP contribution in [0.15, 0.2) is 102 Å². The van der Waals surface area contributed by atoms with Gasteiger partial charge in [-0.2, -0.15) is 5.10 Å². The first kappa shape index (κ1) is 24.7. The van der Waals surface area contributed by atoms with Gasteiger partial charge in [0.2, 0.25) is 0 Å². The zero-order valence-corrected chi connectivity index (χ0v) is 20.2.